The van der Waals surface area contributed by atoms with Crippen molar-refractivity contribution in [3.8, 4) is 0 Å². The zero-order valence-electron chi connectivity index (χ0n) is 19.0. The standard InChI is InChI=1S/C25H31N3O3S/c1-4-28(5-2)32(30,31)24-16-20(11-10-18(24)3)25(29)27-14-12-19(13-15-27)22-17-26-23-9-7-6-8-21(22)23/h6-11,16-17,19,26H,4-5,12-15H2,1-3H3. The summed E-state index contributed by atoms with van der Waals surface area (Å²) < 4.78 is 27.5. The van der Waals surface area contributed by atoms with Gasteiger partial charge in [-0.1, -0.05) is 38.1 Å². The molecule has 2 heterocycles. The number of aromatic amines is 1. The number of fused-ring (bicyclic) bond motifs is 1. The summed E-state index contributed by atoms with van der Waals surface area (Å²) in [6, 6.07) is 13.3. The summed E-state index contributed by atoms with van der Waals surface area (Å²) >= 11 is 0. The minimum atomic E-state index is -3.62. The Bertz CT molecular complexity index is 1220. The van der Waals surface area contributed by atoms with E-state index >= 15 is 0 Å². The van der Waals surface area contributed by atoms with Gasteiger partial charge in [-0.05, 0) is 55.0 Å². The average Bonchev–Trinajstić information content (AvgIpc) is 3.24. The zero-order valence-corrected chi connectivity index (χ0v) is 19.8. The van der Waals surface area contributed by atoms with Gasteiger partial charge in [-0.15, -0.1) is 0 Å². The first-order valence-corrected chi connectivity index (χ1v) is 12.8. The molecule has 32 heavy (non-hydrogen) atoms. The average molecular weight is 454 g/mol. The first-order valence-electron chi connectivity index (χ1n) is 11.3. The number of amides is 1. The van der Waals surface area contributed by atoms with E-state index in [0.29, 0.717) is 43.2 Å². The number of aromatic nitrogens is 1. The Kier molecular flexibility index (Phi) is 6.40. The lowest BCUT2D eigenvalue weighted by atomic mass is 9.89. The number of nitrogens with one attached hydrogen (secondary N) is 1. The highest BCUT2D eigenvalue weighted by Crippen LogP contribution is 2.33. The molecule has 1 fully saturated rings. The molecule has 1 amide bonds. The summed E-state index contributed by atoms with van der Waals surface area (Å²) in [4.78, 5) is 18.6. The maximum Gasteiger partial charge on any atom is 0.253 e. The highest BCUT2D eigenvalue weighted by atomic mass is 32.2. The first-order chi connectivity index (χ1) is 15.4. The fourth-order valence-electron chi connectivity index (χ4n) is 4.72. The van der Waals surface area contributed by atoms with E-state index in [1.165, 1.54) is 15.3 Å². The van der Waals surface area contributed by atoms with Gasteiger partial charge in [0.25, 0.3) is 5.91 Å². The van der Waals surface area contributed by atoms with Gasteiger partial charge in [0, 0.05) is 48.8 Å². The van der Waals surface area contributed by atoms with Gasteiger partial charge in [-0.25, -0.2) is 8.42 Å². The molecular formula is C25H31N3O3S. The Morgan fingerprint density at radius 3 is 2.47 bits per heavy atom. The maximum absolute atomic E-state index is 13.2. The van der Waals surface area contributed by atoms with Gasteiger partial charge in [-0.3, -0.25) is 4.79 Å². The number of carbonyl (C=O) groups excluding carboxylic acids is 1. The molecule has 4 rings (SSSR count). The molecule has 0 atom stereocenters. The summed E-state index contributed by atoms with van der Waals surface area (Å²) in [6.45, 7) is 7.55. The molecule has 1 N–H and O–H groups in total. The summed E-state index contributed by atoms with van der Waals surface area (Å²) in [6.07, 6.45) is 3.88. The predicted molar refractivity (Wildman–Crippen MR) is 127 cm³/mol. The van der Waals surface area contributed by atoms with Crippen LogP contribution in [0, 0.1) is 6.92 Å². The third kappa shape index (κ3) is 4.07. The molecule has 2 aromatic carbocycles. The van der Waals surface area contributed by atoms with E-state index < -0.39 is 10.0 Å². The Morgan fingerprint density at radius 2 is 1.78 bits per heavy atom. The van der Waals surface area contributed by atoms with Crippen molar-refractivity contribution in [2.75, 3.05) is 26.2 Å². The van der Waals surface area contributed by atoms with Crippen molar-refractivity contribution in [2.24, 2.45) is 0 Å². The number of hydrogen-bond acceptors (Lipinski definition) is 3. The van der Waals surface area contributed by atoms with Gasteiger partial charge >= 0.3 is 0 Å². The first kappa shape index (κ1) is 22.6. The van der Waals surface area contributed by atoms with E-state index in [-0.39, 0.29) is 10.8 Å². The van der Waals surface area contributed by atoms with Gasteiger partial charge in [-0.2, -0.15) is 4.31 Å². The summed E-state index contributed by atoms with van der Waals surface area (Å²) in [7, 11) is -3.62. The van der Waals surface area contributed by atoms with Crippen molar-refractivity contribution < 1.29 is 13.2 Å². The summed E-state index contributed by atoms with van der Waals surface area (Å²) in [5, 5.41) is 1.25. The highest BCUT2D eigenvalue weighted by molar-refractivity contribution is 7.89. The monoisotopic (exact) mass is 453 g/mol. The molecule has 1 aliphatic rings. The van der Waals surface area contributed by atoms with E-state index in [1.807, 2.05) is 24.8 Å². The molecular weight excluding hydrogens is 422 g/mol. The number of hydrogen-bond donors (Lipinski definition) is 1. The van der Waals surface area contributed by atoms with E-state index in [0.717, 1.165) is 18.4 Å². The molecule has 170 valence electrons. The molecule has 0 bridgehead atoms. The lowest BCUT2D eigenvalue weighted by molar-refractivity contribution is 0.0713. The number of rotatable bonds is 6. The zero-order chi connectivity index (χ0) is 22.9. The Balaban J connectivity index is 1.51. The third-order valence-corrected chi connectivity index (χ3v) is 8.79. The molecule has 0 aliphatic carbocycles. The fraction of sp³-hybridized carbons (Fsp3) is 0.400. The van der Waals surface area contributed by atoms with Crippen LogP contribution in [0.5, 0.6) is 0 Å². The number of nitrogens with zero attached hydrogens (tertiary/aromatic N) is 2. The second-order valence-electron chi connectivity index (χ2n) is 8.43. The number of aryl methyl sites for hydroxylation is 1. The number of H-pyrrole nitrogens is 1. The van der Waals surface area contributed by atoms with Crippen LogP contribution in [0.25, 0.3) is 10.9 Å². The van der Waals surface area contributed by atoms with Crippen molar-refractivity contribution in [3.63, 3.8) is 0 Å². The van der Waals surface area contributed by atoms with Crippen molar-refractivity contribution in [1.29, 1.82) is 0 Å². The number of sulfonamides is 1. The number of piperidine rings is 1. The van der Waals surface area contributed by atoms with Crippen LogP contribution in [-0.4, -0.2) is 54.7 Å². The van der Waals surface area contributed by atoms with E-state index in [4.69, 9.17) is 0 Å². The largest absolute Gasteiger partial charge is 0.361 e. The maximum atomic E-state index is 13.2. The van der Waals surface area contributed by atoms with Crippen LogP contribution in [0.15, 0.2) is 53.6 Å². The Labute approximate surface area is 190 Å². The smallest absolute Gasteiger partial charge is 0.253 e. The van der Waals surface area contributed by atoms with Crippen molar-refractivity contribution >= 4 is 26.8 Å². The van der Waals surface area contributed by atoms with Crippen LogP contribution >= 0.6 is 0 Å². The minimum Gasteiger partial charge on any atom is -0.361 e. The Hall–Kier alpha value is -2.64. The summed E-state index contributed by atoms with van der Waals surface area (Å²) in [5.74, 6) is 0.310. The molecule has 7 heteroatoms. The molecule has 0 spiro atoms. The van der Waals surface area contributed by atoms with Gasteiger partial charge < -0.3 is 9.88 Å². The van der Waals surface area contributed by atoms with E-state index in [1.54, 1.807) is 25.1 Å². The third-order valence-electron chi connectivity index (χ3n) is 6.60. The second-order valence-corrected chi connectivity index (χ2v) is 10.3. The molecule has 1 aromatic heterocycles. The number of para-hydroxylation sites is 1. The van der Waals surface area contributed by atoms with Gasteiger partial charge in [0.15, 0.2) is 0 Å². The second kappa shape index (κ2) is 9.08. The lowest BCUT2D eigenvalue weighted by Crippen LogP contribution is -2.38. The molecule has 1 aliphatic heterocycles. The normalized spacial score (nSPS) is 15.6. The fourth-order valence-corrected chi connectivity index (χ4v) is 6.43. The van der Waals surface area contributed by atoms with Crippen LogP contribution in [0.2, 0.25) is 0 Å². The predicted octanol–water partition coefficient (Wildman–Crippen LogP) is 4.53. The number of benzene rings is 2. The number of likely N-dealkylation sites (tertiary alicyclic amines) is 1. The van der Waals surface area contributed by atoms with Crippen LogP contribution in [0.1, 0.15) is 54.1 Å². The van der Waals surface area contributed by atoms with Crippen molar-refractivity contribution in [3.05, 3.63) is 65.4 Å². The van der Waals surface area contributed by atoms with Gasteiger partial charge in [0.1, 0.15) is 0 Å². The van der Waals surface area contributed by atoms with E-state index in [2.05, 4.69) is 29.4 Å². The molecule has 0 radical (unpaired) electrons. The Morgan fingerprint density at radius 1 is 1.09 bits per heavy atom. The van der Waals surface area contributed by atoms with Gasteiger partial charge in [0.05, 0.1) is 4.90 Å². The van der Waals surface area contributed by atoms with Crippen LogP contribution in [-0.2, 0) is 10.0 Å². The van der Waals surface area contributed by atoms with Crippen molar-refractivity contribution in [2.45, 2.75) is 44.4 Å². The van der Waals surface area contributed by atoms with Crippen molar-refractivity contribution in [1.82, 2.24) is 14.2 Å². The quantitative estimate of drug-likeness (QED) is 0.596. The number of carbonyl (C=O) groups is 1. The highest BCUT2D eigenvalue weighted by Gasteiger charge is 2.28. The van der Waals surface area contributed by atoms with Gasteiger partial charge in [0.2, 0.25) is 10.0 Å². The molecule has 0 unspecified atom stereocenters. The molecule has 6 nitrogen and oxygen atoms in total. The molecule has 3 aromatic rings. The topological polar surface area (TPSA) is 73.5 Å². The minimum absolute atomic E-state index is 0.0987. The lowest BCUT2D eigenvalue weighted by Gasteiger charge is -2.32. The van der Waals surface area contributed by atoms with Crippen LogP contribution in [0.4, 0.5) is 0 Å². The van der Waals surface area contributed by atoms with Crippen LogP contribution in [0.3, 0.4) is 0 Å². The van der Waals surface area contributed by atoms with E-state index in [9.17, 15) is 13.2 Å². The molecule has 0 saturated carbocycles. The SMILES string of the molecule is CCN(CC)S(=O)(=O)c1cc(C(=O)N2CCC(c3c[nH]c4ccccc34)CC2)ccc1C. The van der Waals surface area contributed by atoms with Crippen LogP contribution < -0.4 is 0 Å². The molecule has 1 saturated heterocycles. The summed E-state index contributed by atoms with van der Waals surface area (Å²) in [5.41, 5.74) is 3.55.